The third-order valence-electron chi connectivity index (χ3n) is 3.72. The molecule has 1 fully saturated rings. The predicted octanol–water partition coefficient (Wildman–Crippen LogP) is 2.22. The molecule has 1 aliphatic rings. The molecule has 19 heavy (non-hydrogen) atoms. The number of aliphatic carboxylic acids is 1. The largest absolute Gasteiger partial charge is 0.481 e. The Labute approximate surface area is 112 Å². The summed E-state index contributed by atoms with van der Waals surface area (Å²) in [5.41, 5.74) is 1.58. The predicted molar refractivity (Wildman–Crippen MR) is 70.7 cm³/mol. The number of hydrogen-bond acceptors (Lipinski definition) is 3. The first kappa shape index (κ1) is 13.5. The minimum absolute atomic E-state index is 0.205. The average Bonchev–Trinajstić information content (AvgIpc) is 2.41. The van der Waals surface area contributed by atoms with E-state index in [2.05, 4.69) is 10.3 Å². The minimum atomic E-state index is -0.872. The molecule has 2 unspecified atom stereocenters. The third kappa shape index (κ3) is 3.10. The Bertz CT molecular complexity index is 487. The maximum absolute atomic E-state index is 12.2. The van der Waals surface area contributed by atoms with Crippen LogP contribution in [-0.2, 0) is 9.59 Å². The van der Waals surface area contributed by atoms with Crippen molar-refractivity contribution < 1.29 is 14.7 Å². The molecular weight excluding hydrogens is 244 g/mol. The summed E-state index contributed by atoms with van der Waals surface area (Å²) in [5, 5.41) is 12.0. The zero-order valence-corrected chi connectivity index (χ0v) is 10.9. The molecule has 0 saturated heterocycles. The molecule has 102 valence electrons. The van der Waals surface area contributed by atoms with Crippen molar-refractivity contribution in [3.63, 3.8) is 0 Å². The summed E-state index contributed by atoms with van der Waals surface area (Å²) in [7, 11) is 0. The van der Waals surface area contributed by atoms with E-state index >= 15 is 0 Å². The molecule has 1 amide bonds. The maximum atomic E-state index is 12.2. The van der Waals surface area contributed by atoms with E-state index in [4.69, 9.17) is 0 Å². The topological polar surface area (TPSA) is 79.3 Å². The number of carboxylic acids is 1. The molecule has 5 nitrogen and oxygen atoms in total. The van der Waals surface area contributed by atoms with E-state index in [-0.39, 0.29) is 5.91 Å². The van der Waals surface area contributed by atoms with Crippen LogP contribution in [0.2, 0.25) is 0 Å². The van der Waals surface area contributed by atoms with Gasteiger partial charge in [-0.1, -0.05) is 12.8 Å². The van der Waals surface area contributed by atoms with Crippen LogP contribution >= 0.6 is 0 Å². The second kappa shape index (κ2) is 5.82. The Morgan fingerprint density at radius 3 is 2.63 bits per heavy atom. The van der Waals surface area contributed by atoms with Gasteiger partial charge in [0.25, 0.3) is 0 Å². The summed E-state index contributed by atoms with van der Waals surface area (Å²) in [6.07, 6.45) is 6.26. The van der Waals surface area contributed by atoms with Gasteiger partial charge in [0.15, 0.2) is 0 Å². The fraction of sp³-hybridized carbons (Fsp3) is 0.500. The number of amides is 1. The van der Waals surface area contributed by atoms with E-state index in [0.29, 0.717) is 18.5 Å². The molecule has 5 heteroatoms. The second-order valence-electron chi connectivity index (χ2n) is 5.02. The van der Waals surface area contributed by atoms with Crippen LogP contribution in [-0.4, -0.2) is 22.0 Å². The van der Waals surface area contributed by atoms with Crippen molar-refractivity contribution in [3.8, 4) is 0 Å². The van der Waals surface area contributed by atoms with Crippen LogP contribution in [0, 0.1) is 18.8 Å². The SMILES string of the molecule is Cc1ccncc1NC(=O)C1CCCCC1C(=O)O. The highest BCUT2D eigenvalue weighted by atomic mass is 16.4. The first-order chi connectivity index (χ1) is 9.09. The lowest BCUT2D eigenvalue weighted by molar-refractivity contribution is -0.147. The van der Waals surface area contributed by atoms with Crippen molar-refractivity contribution in [1.82, 2.24) is 4.98 Å². The molecule has 0 aliphatic heterocycles. The van der Waals surface area contributed by atoms with E-state index in [1.165, 1.54) is 0 Å². The zero-order valence-electron chi connectivity index (χ0n) is 10.9. The fourth-order valence-electron chi connectivity index (χ4n) is 2.56. The van der Waals surface area contributed by atoms with E-state index in [1.807, 2.05) is 13.0 Å². The molecule has 2 atom stereocenters. The molecule has 2 N–H and O–H groups in total. The van der Waals surface area contributed by atoms with Crippen LogP contribution in [0.3, 0.4) is 0 Å². The fourth-order valence-corrected chi connectivity index (χ4v) is 2.56. The number of nitrogens with one attached hydrogen (secondary N) is 1. The molecule has 1 aromatic rings. The highest BCUT2D eigenvalue weighted by molar-refractivity contribution is 5.95. The van der Waals surface area contributed by atoms with Crippen LogP contribution < -0.4 is 5.32 Å². The lowest BCUT2D eigenvalue weighted by Crippen LogP contribution is -2.36. The Hall–Kier alpha value is -1.91. The Balaban J connectivity index is 2.10. The van der Waals surface area contributed by atoms with Gasteiger partial charge in [0, 0.05) is 6.20 Å². The van der Waals surface area contributed by atoms with Gasteiger partial charge < -0.3 is 10.4 Å². The number of rotatable bonds is 3. The van der Waals surface area contributed by atoms with Crippen molar-refractivity contribution in [2.75, 3.05) is 5.32 Å². The van der Waals surface area contributed by atoms with Gasteiger partial charge in [-0.25, -0.2) is 0 Å². The highest BCUT2D eigenvalue weighted by Crippen LogP contribution is 2.31. The monoisotopic (exact) mass is 262 g/mol. The first-order valence-corrected chi connectivity index (χ1v) is 6.54. The summed E-state index contributed by atoms with van der Waals surface area (Å²) in [4.78, 5) is 27.4. The number of aryl methyl sites for hydroxylation is 1. The van der Waals surface area contributed by atoms with E-state index in [1.54, 1.807) is 12.4 Å². The van der Waals surface area contributed by atoms with Crippen LogP contribution in [0.25, 0.3) is 0 Å². The van der Waals surface area contributed by atoms with Gasteiger partial charge in [-0.15, -0.1) is 0 Å². The Kier molecular flexibility index (Phi) is 4.14. The van der Waals surface area contributed by atoms with Gasteiger partial charge in [-0.05, 0) is 31.4 Å². The average molecular weight is 262 g/mol. The number of aromatic nitrogens is 1. The molecule has 0 bridgehead atoms. The van der Waals surface area contributed by atoms with E-state index in [0.717, 1.165) is 18.4 Å². The van der Waals surface area contributed by atoms with Crippen LogP contribution in [0.5, 0.6) is 0 Å². The molecule has 0 spiro atoms. The summed E-state index contributed by atoms with van der Waals surface area (Å²) >= 11 is 0. The van der Waals surface area contributed by atoms with Gasteiger partial charge in [0.1, 0.15) is 0 Å². The zero-order chi connectivity index (χ0) is 13.8. The van der Waals surface area contributed by atoms with Crippen molar-refractivity contribution in [2.24, 2.45) is 11.8 Å². The van der Waals surface area contributed by atoms with Crippen LogP contribution in [0.15, 0.2) is 18.5 Å². The number of hydrogen-bond donors (Lipinski definition) is 2. The van der Waals surface area contributed by atoms with Crippen molar-refractivity contribution in [1.29, 1.82) is 0 Å². The first-order valence-electron chi connectivity index (χ1n) is 6.54. The molecule has 1 aliphatic carbocycles. The van der Waals surface area contributed by atoms with Gasteiger partial charge in [-0.3, -0.25) is 14.6 Å². The lowest BCUT2D eigenvalue weighted by Gasteiger charge is -2.27. The molecular formula is C14H18N2O3. The summed E-state index contributed by atoms with van der Waals surface area (Å²) in [6, 6.07) is 1.81. The standard InChI is InChI=1S/C14H18N2O3/c1-9-6-7-15-8-12(9)16-13(17)10-4-2-3-5-11(10)14(18)19/h6-8,10-11H,2-5H2,1H3,(H,16,17)(H,18,19). The quantitative estimate of drug-likeness (QED) is 0.875. The lowest BCUT2D eigenvalue weighted by atomic mass is 9.78. The normalized spacial score (nSPS) is 22.8. The number of nitrogens with zero attached hydrogens (tertiary/aromatic N) is 1. The molecule has 2 rings (SSSR count). The van der Waals surface area contributed by atoms with E-state index in [9.17, 15) is 14.7 Å². The van der Waals surface area contributed by atoms with Crippen LogP contribution in [0.4, 0.5) is 5.69 Å². The van der Waals surface area contributed by atoms with Crippen molar-refractivity contribution >= 4 is 17.6 Å². The Morgan fingerprint density at radius 1 is 1.32 bits per heavy atom. The number of pyridine rings is 1. The van der Waals surface area contributed by atoms with Gasteiger partial charge in [0.05, 0.1) is 23.7 Å². The number of carbonyl (C=O) groups excluding carboxylic acids is 1. The van der Waals surface area contributed by atoms with Crippen molar-refractivity contribution in [3.05, 3.63) is 24.0 Å². The summed E-state index contributed by atoms with van der Waals surface area (Å²) in [6.45, 7) is 1.88. The van der Waals surface area contributed by atoms with Gasteiger partial charge in [-0.2, -0.15) is 0 Å². The number of anilines is 1. The van der Waals surface area contributed by atoms with Crippen molar-refractivity contribution in [2.45, 2.75) is 32.6 Å². The molecule has 0 radical (unpaired) electrons. The van der Waals surface area contributed by atoms with E-state index < -0.39 is 17.8 Å². The highest BCUT2D eigenvalue weighted by Gasteiger charge is 2.35. The van der Waals surface area contributed by atoms with Gasteiger partial charge >= 0.3 is 5.97 Å². The Morgan fingerprint density at radius 2 is 2.00 bits per heavy atom. The molecule has 0 aromatic carbocycles. The number of carbonyl (C=O) groups is 2. The summed E-state index contributed by atoms with van der Waals surface area (Å²) in [5.74, 6) is -2.08. The smallest absolute Gasteiger partial charge is 0.307 e. The number of carboxylic acid groups (broad SMARTS) is 1. The summed E-state index contributed by atoms with van der Waals surface area (Å²) < 4.78 is 0. The minimum Gasteiger partial charge on any atom is -0.481 e. The third-order valence-corrected chi connectivity index (χ3v) is 3.72. The van der Waals surface area contributed by atoms with Gasteiger partial charge in [0.2, 0.25) is 5.91 Å². The maximum Gasteiger partial charge on any atom is 0.307 e. The molecule has 1 heterocycles. The molecule has 1 aromatic heterocycles. The van der Waals surface area contributed by atoms with Crippen LogP contribution in [0.1, 0.15) is 31.2 Å². The second-order valence-corrected chi connectivity index (χ2v) is 5.02. The molecule has 1 saturated carbocycles.